The fourth-order valence-corrected chi connectivity index (χ4v) is 9.16. The van der Waals surface area contributed by atoms with E-state index < -0.39 is 0 Å². The number of ketones is 1. The van der Waals surface area contributed by atoms with E-state index in [4.69, 9.17) is 0 Å². The van der Waals surface area contributed by atoms with Crippen molar-refractivity contribution in [3.63, 3.8) is 0 Å². The average Bonchev–Trinajstić information content (AvgIpc) is 2.98. The van der Waals surface area contributed by atoms with Gasteiger partial charge in [0.2, 0.25) is 0 Å². The predicted molar refractivity (Wildman–Crippen MR) is 97.0 cm³/mol. The van der Waals surface area contributed by atoms with E-state index in [9.17, 15) is 9.59 Å². The maximum absolute atomic E-state index is 13.6. The minimum Gasteiger partial charge on any atom is -0.303 e. The first kappa shape index (κ1) is 16.5. The van der Waals surface area contributed by atoms with Gasteiger partial charge in [-0.1, -0.05) is 33.6 Å². The van der Waals surface area contributed by atoms with Gasteiger partial charge in [0.25, 0.3) is 0 Å². The summed E-state index contributed by atoms with van der Waals surface area (Å²) < 4.78 is 0. The first-order valence-electron chi connectivity index (χ1n) is 10.7. The smallest absolute Gasteiger partial charge is 0.142 e. The summed E-state index contributed by atoms with van der Waals surface area (Å²) in [6.45, 7) is 9.13. The molecular formula is C22H33NO2. The van der Waals surface area contributed by atoms with Gasteiger partial charge in [0, 0.05) is 29.8 Å². The number of carbonyl (C=O) groups is 2. The Morgan fingerprint density at radius 3 is 2.76 bits per heavy atom. The second-order valence-corrected chi connectivity index (χ2v) is 10.3. The number of carbonyl (C=O) groups excluding carboxylic acids is 2. The molecule has 0 N–H and O–H groups in total. The number of aldehydes is 1. The molecule has 5 aliphatic rings. The number of rotatable bonds is 2. The van der Waals surface area contributed by atoms with Crippen LogP contribution in [0, 0.1) is 39.9 Å². The Morgan fingerprint density at radius 2 is 2.04 bits per heavy atom. The van der Waals surface area contributed by atoms with Crippen molar-refractivity contribution in [2.24, 2.45) is 39.9 Å². The molecule has 0 aromatic rings. The zero-order valence-electron chi connectivity index (χ0n) is 16.1. The van der Waals surface area contributed by atoms with Gasteiger partial charge in [-0.2, -0.15) is 0 Å². The fourth-order valence-electron chi connectivity index (χ4n) is 9.16. The molecule has 2 spiro atoms. The quantitative estimate of drug-likeness (QED) is 0.717. The molecule has 1 aliphatic heterocycles. The fraction of sp³-hybridized carbons (Fsp3) is 0.909. The number of hydrogen-bond donors (Lipinski definition) is 0. The summed E-state index contributed by atoms with van der Waals surface area (Å²) in [5.74, 6) is 1.68. The van der Waals surface area contributed by atoms with Crippen molar-refractivity contribution in [3.05, 3.63) is 0 Å². The number of Topliss-reactive ketones (excluding diaryl/α,β-unsaturated/α-hetero) is 1. The van der Waals surface area contributed by atoms with Gasteiger partial charge >= 0.3 is 0 Å². The summed E-state index contributed by atoms with van der Waals surface area (Å²) in [6, 6.07) is 0.486. The predicted octanol–water partition coefficient (Wildman–Crippen LogP) is 3.71. The maximum Gasteiger partial charge on any atom is 0.142 e. The summed E-state index contributed by atoms with van der Waals surface area (Å²) in [6.07, 6.45) is 9.33. The van der Waals surface area contributed by atoms with Crippen molar-refractivity contribution in [2.75, 3.05) is 13.1 Å². The molecule has 3 heteroatoms. The minimum atomic E-state index is -0.323. The number of hydrogen-bond acceptors (Lipinski definition) is 3. The zero-order chi connectivity index (χ0) is 17.6. The Hall–Kier alpha value is -0.700. The van der Waals surface area contributed by atoms with Gasteiger partial charge in [0.15, 0.2) is 0 Å². The summed E-state index contributed by atoms with van der Waals surface area (Å²) >= 11 is 0. The monoisotopic (exact) mass is 343 g/mol. The highest BCUT2D eigenvalue weighted by Crippen LogP contribution is 2.79. The van der Waals surface area contributed by atoms with Crippen molar-refractivity contribution in [1.29, 1.82) is 0 Å². The third kappa shape index (κ3) is 1.60. The summed E-state index contributed by atoms with van der Waals surface area (Å²) in [5, 5.41) is 0. The molecule has 0 amide bonds. The van der Waals surface area contributed by atoms with Crippen LogP contribution >= 0.6 is 0 Å². The normalized spacial score (nSPS) is 57.2. The number of nitrogens with zero attached hydrogens (tertiary/aromatic N) is 1. The van der Waals surface area contributed by atoms with Crippen molar-refractivity contribution < 1.29 is 9.59 Å². The van der Waals surface area contributed by atoms with Crippen molar-refractivity contribution >= 4 is 12.1 Å². The number of piperidine rings is 1. The Balaban J connectivity index is 1.71. The van der Waals surface area contributed by atoms with E-state index in [2.05, 4.69) is 25.7 Å². The molecular weight excluding hydrogens is 310 g/mol. The molecule has 4 aliphatic carbocycles. The van der Waals surface area contributed by atoms with E-state index in [1.165, 1.54) is 38.5 Å². The van der Waals surface area contributed by atoms with Crippen molar-refractivity contribution in [2.45, 2.75) is 71.8 Å². The van der Waals surface area contributed by atoms with Gasteiger partial charge in [-0.15, -0.1) is 0 Å². The lowest BCUT2D eigenvalue weighted by Gasteiger charge is -2.62. The first-order chi connectivity index (χ1) is 12.0. The topological polar surface area (TPSA) is 37.4 Å². The molecule has 3 nitrogen and oxygen atoms in total. The first-order valence-corrected chi connectivity index (χ1v) is 10.7. The zero-order valence-corrected chi connectivity index (χ0v) is 16.1. The molecule has 0 aromatic heterocycles. The maximum atomic E-state index is 13.6. The summed E-state index contributed by atoms with van der Waals surface area (Å²) in [7, 11) is 0. The standard InChI is InChI=1S/C22H33NO2/c1-4-23-13-20(3)8-6-10-22-16(20)11-15(18(22)23)21(17(22)12-24)9-5-7-14(2)19(21)25/h12,14-18H,4-11,13H2,1-3H3/t14-,15+,16-,17-,18-,20+,21+,22+/m1/s1. The van der Waals surface area contributed by atoms with Crippen molar-refractivity contribution in [3.8, 4) is 0 Å². The SMILES string of the molecule is CCN1C[C@]2(C)CCC[C@@]34[C@@H]2C[C@@H]([C@@H]13)[C@@]1(CCC[C@@H](C)C1=O)[C@H]4C=O. The minimum absolute atomic E-state index is 0.0158. The average molecular weight is 344 g/mol. The van der Waals surface area contributed by atoms with Crippen LogP contribution in [0.5, 0.6) is 0 Å². The lowest BCUT2D eigenvalue weighted by atomic mass is 9.44. The van der Waals surface area contributed by atoms with Gasteiger partial charge in [-0.3, -0.25) is 9.69 Å². The highest BCUT2D eigenvalue weighted by molar-refractivity contribution is 5.92. The molecule has 4 saturated carbocycles. The highest BCUT2D eigenvalue weighted by Gasteiger charge is 2.81. The third-order valence-corrected chi connectivity index (χ3v) is 9.70. The molecule has 1 heterocycles. The molecule has 0 aromatic carbocycles. The van der Waals surface area contributed by atoms with Crippen LogP contribution in [0.25, 0.3) is 0 Å². The second kappa shape index (κ2) is 4.97. The van der Waals surface area contributed by atoms with Crippen LogP contribution in [0.4, 0.5) is 0 Å². The largest absolute Gasteiger partial charge is 0.303 e. The summed E-state index contributed by atoms with van der Waals surface area (Å²) in [4.78, 5) is 28.8. The Labute approximate surface area is 151 Å². The van der Waals surface area contributed by atoms with Crippen LogP contribution in [-0.4, -0.2) is 36.1 Å². The van der Waals surface area contributed by atoms with E-state index >= 15 is 0 Å². The van der Waals surface area contributed by atoms with Crippen LogP contribution in [0.15, 0.2) is 0 Å². The van der Waals surface area contributed by atoms with Gasteiger partial charge < -0.3 is 4.79 Å². The van der Waals surface area contributed by atoms with Gasteiger partial charge in [0.1, 0.15) is 12.1 Å². The lowest BCUT2D eigenvalue weighted by Crippen LogP contribution is -2.63. The van der Waals surface area contributed by atoms with E-state index in [0.29, 0.717) is 29.1 Å². The number of fused-ring (bicyclic) bond motifs is 1. The van der Waals surface area contributed by atoms with Crippen LogP contribution < -0.4 is 0 Å². The molecule has 8 atom stereocenters. The van der Waals surface area contributed by atoms with Gasteiger partial charge in [0.05, 0.1) is 0 Å². The molecule has 0 radical (unpaired) electrons. The molecule has 25 heavy (non-hydrogen) atoms. The van der Waals surface area contributed by atoms with E-state index in [1.54, 1.807) is 0 Å². The molecule has 5 bridgehead atoms. The highest BCUT2D eigenvalue weighted by atomic mass is 16.1. The Bertz CT molecular complexity index is 632. The van der Waals surface area contributed by atoms with Crippen LogP contribution in [0.3, 0.4) is 0 Å². The van der Waals surface area contributed by atoms with Crippen LogP contribution in [0.1, 0.15) is 65.7 Å². The van der Waals surface area contributed by atoms with Crippen LogP contribution in [-0.2, 0) is 9.59 Å². The molecule has 5 fully saturated rings. The number of likely N-dealkylation sites (tertiary alicyclic amines) is 1. The molecule has 5 rings (SSSR count). The van der Waals surface area contributed by atoms with Crippen molar-refractivity contribution in [1.82, 2.24) is 4.90 Å². The van der Waals surface area contributed by atoms with Crippen LogP contribution in [0.2, 0.25) is 0 Å². The summed E-state index contributed by atoms with van der Waals surface area (Å²) in [5.41, 5.74) is 0.128. The third-order valence-electron chi connectivity index (χ3n) is 9.70. The molecule has 138 valence electrons. The lowest BCUT2D eigenvalue weighted by molar-refractivity contribution is -0.166. The van der Waals surface area contributed by atoms with Gasteiger partial charge in [-0.05, 0) is 61.3 Å². The second-order valence-electron chi connectivity index (χ2n) is 10.3. The van der Waals surface area contributed by atoms with E-state index in [0.717, 1.165) is 25.8 Å². The molecule has 0 unspecified atom stereocenters. The van der Waals surface area contributed by atoms with E-state index in [1.807, 2.05) is 0 Å². The van der Waals surface area contributed by atoms with Gasteiger partial charge in [-0.25, -0.2) is 0 Å². The molecule has 1 saturated heterocycles. The Morgan fingerprint density at radius 1 is 1.24 bits per heavy atom. The van der Waals surface area contributed by atoms with E-state index in [-0.39, 0.29) is 22.7 Å². The Kier molecular flexibility index (Phi) is 3.27.